The Kier molecular flexibility index (Phi) is 2.73. The van der Waals surface area contributed by atoms with Gasteiger partial charge in [-0.1, -0.05) is 11.6 Å². The molecule has 2 heterocycles. The largest absolute Gasteiger partial charge is 0.508 e. The summed E-state index contributed by atoms with van der Waals surface area (Å²) in [5.74, 6) is 2.93. The van der Waals surface area contributed by atoms with E-state index in [1.165, 1.54) is 19.3 Å². The van der Waals surface area contributed by atoms with Crippen LogP contribution in [0.15, 0.2) is 28.8 Å². The van der Waals surface area contributed by atoms with Crippen molar-refractivity contribution in [3.63, 3.8) is 0 Å². The molecule has 5 heteroatoms. The van der Waals surface area contributed by atoms with Gasteiger partial charge in [-0.3, -0.25) is 0 Å². The van der Waals surface area contributed by atoms with E-state index in [1.54, 1.807) is 24.3 Å². The van der Waals surface area contributed by atoms with Crippen molar-refractivity contribution < 1.29 is 9.63 Å². The summed E-state index contributed by atoms with van der Waals surface area (Å²) < 4.78 is 5.46. The van der Waals surface area contributed by atoms with Crippen molar-refractivity contribution in [1.29, 1.82) is 0 Å². The van der Waals surface area contributed by atoms with E-state index in [4.69, 9.17) is 4.52 Å². The minimum atomic E-state index is 0.209. The molecule has 1 aliphatic carbocycles. The van der Waals surface area contributed by atoms with Gasteiger partial charge in [0.05, 0.1) is 6.04 Å². The fraction of sp³-hybridized carbons (Fsp3) is 0.467. The summed E-state index contributed by atoms with van der Waals surface area (Å²) in [6.45, 7) is 1.06. The van der Waals surface area contributed by atoms with Crippen LogP contribution in [0.25, 0.3) is 11.4 Å². The van der Waals surface area contributed by atoms with Gasteiger partial charge >= 0.3 is 0 Å². The van der Waals surface area contributed by atoms with Crippen molar-refractivity contribution in [1.82, 2.24) is 15.5 Å². The fourth-order valence-electron chi connectivity index (χ4n) is 3.55. The first-order chi connectivity index (χ1) is 9.81. The van der Waals surface area contributed by atoms with Crippen LogP contribution in [0.1, 0.15) is 31.2 Å². The van der Waals surface area contributed by atoms with E-state index in [0.717, 1.165) is 18.0 Å². The standard InChI is InChI=1S/C15H17N3O2/c19-11-6-4-9(5-7-11)14-17-15(20-18-14)13-12-3-1-2-10(12)8-16-13/h4-7,10,12-13,16,19H,1-3,8H2. The molecule has 0 amide bonds. The zero-order valence-corrected chi connectivity index (χ0v) is 11.1. The van der Waals surface area contributed by atoms with E-state index < -0.39 is 0 Å². The highest BCUT2D eigenvalue weighted by Crippen LogP contribution is 2.44. The first-order valence-electron chi connectivity index (χ1n) is 7.17. The predicted octanol–water partition coefficient (Wildman–Crippen LogP) is 2.50. The zero-order chi connectivity index (χ0) is 13.5. The maximum atomic E-state index is 9.31. The average molecular weight is 271 g/mol. The highest BCUT2D eigenvalue weighted by molar-refractivity contribution is 5.55. The molecule has 104 valence electrons. The summed E-state index contributed by atoms with van der Waals surface area (Å²) in [5.41, 5.74) is 0.860. The van der Waals surface area contributed by atoms with E-state index >= 15 is 0 Å². The van der Waals surface area contributed by atoms with Crippen LogP contribution in [-0.2, 0) is 0 Å². The molecule has 2 N–H and O–H groups in total. The molecule has 1 saturated carbocycles. The normalized spacial score (nSPS) is 28.7. The molecule has 4 rings (SSSR count). The zero-order valence-electron chi connectivity index (χ0n) is 11.1. The lowest BCUT2D eigenvalue weighted by Crippen LogP contribution is -2.18. The molecule has 1 aromatic carbocycles. The average Bonchev–Trinajstić information content (AvgIpc) is 3.15. The quantitative estimate of drug-likeness (QED) is 0.878. The van der Waals surface area contributed by atoms with Crippen LogP contribution >= 0.6 is 0 Å². The van der Waals surface area contributed by atoms with Crippen molar-refractivity contribution in [2.24, 2.45) is 11.8 Å². The van der Waals surface area contributed by atoms with E-state index in [0.29, 0.717) is 17.6 Å². The van der Waals surface area contributed by atoms with Gasteiger partial charge < -0.3 is 14.9 Å². The summed E-state index contributed by atoms with van der Waals surface area (Å²) in [5, 5.41) is 16.9. The van der Waals surface area contributed by atoms with Crippen molar-refractivity contribution in [2.75, 3.05) is 6.54 Å². The van der Waals surface area contributed by atoms with Gasteiger partial charge in [-0.2, -0.15) is 4.98 Å². The Morgan fingerprint density at radius 1 is 1.20 bits per heavy atom. The number of hydrogen-bond acceptors (Lipinski definition) is 5. The molecule has 3 unspecified atom stereocenters. The molecule has 2 aliphatic rings. The molecule has 1 aliphatic heterocycles. The second kappa shape index (κ2) is 4.59. The number of phenols is 1. The Bertz CT molecular complexity index is 608. The first kappa shape index (κ1) is 11.9. The van der Waals surface area contributed by atoms with Crippen LogP contribution in [0.3, 0.4) is 0 Å². The third-order valence-corrected chi connectivity index (χ3v) is 4.58. The summed E-state index contributed by atoms with van der Waals surface area (Å²) in [4.78, 5) is 4.53. The third kappa shape index (κ3) is 1.89. The van der Waals surface area contributed by atoms with Gasteiger partial charge in [-0.15, -0.1) is 0 Å². The van der Waals surface area contributed by atoms with E-state index in [9.17, 15) is 5.11 Å². The predicted molar refractivity (Wildman–Crippen MR) is 73.0 cm³/mol. The van der Waals surface area contributed by atoms with Gasteiger partial charge in [0.1, 0.15) is 5.75 Å². The molecule has 0 spiro atoms. The third-order valence-electron chi connectivity index (χ3n) is 4.58. The Balaban J connectivity index is 1.60. The van der Waals surface area contributed by atoms with Gasteiger partial charge in [0.15, 0.2) is 0 Å². The Labute approximate surface area is 117 Å². The molecule has 20 heavy (non-hydrogen) atoms. The van der Waals surface area contributed by atoms with Gasteiger partial charge in [-0.25, -0.2) is 0 Å². The highest BCUT2D eigenvalue weighted by atomic mass is 16.5. The number of aromatic hydroxyl groups is 1. The van der Waals surface area contributed by atoms with E-state index in [2.05, 4.69) is 15.5 Å². The Hall–Kier alpha value is -1.88. The van der Waals surface area contributed by atoms with E-state index in [-0.39, 0.29) is 11.8 Å². The monoisotopic (exact) mass is 271 g/mol. The number of fused-ring (bicyclic) bond motifs is 1. The Morgan fingerprint density at radius 2 is 2.05 bits per heavy atom. The minimum absolute atomic E-state index is 0.209. The number of hydrogen-bond donors (Lipinski definition) is 2. The van der Waals surface area contributed by atoms with Crippen LogP contribution in [-0.4, -0.2) is 21.8 Å². The summed E-state index contributed by atoms with van der Waals surface area (Å²) in [7, 11) is 0. The van der Waals surface area contributed by atoms with Gasteiger partial charge in [0.2, 0.25) is 11.7 Å². The number of aromatic nitrogens is 2. The topological polar surface area (TPSA) is 71.2 Å². The second-order valence-corrected chi connectivity index (χ2v) is 5.74. The molecule has 2 fully saturated rings. The number of benzene rings is 1. The van der Waals surface area contributed by atoms with Crippen molar-refractivity contribution in [2.45, 2.75) is 25.3 Å². The van der Waals surface area contributed by atoms with Crippen LogP contribution in [0.5, 0.6) is 5.75 Å². The van der Waals surface area contributed by atoms with Gasteiger partial charge in [0.25, 0.3) is 0 Å². The van der Waals surface area contributed by atoms with Crippen LogP contribution in [0.2, 0.25) is 0 Å². The molecular formula is C15H17N3O2. The summed E-state index contributed by atoms with van der Waals surface area (Å²) >= 11 is 0. The lowest BCUT2D eigenvalue weighted by atomic mass is 9.94. The molecule has 1 aromatic heterocycles. The number of nitrogens with one attached hydrogen (secondary N) is 1. The lowest BCUT2D eigenvalue weighted by molar-refractivity contribution is 0.302. The molecular weight excluding hydrogens is 254 g/mol. The maximum absolute atomic E-state index is 9.31. The van der Waals surface area contributed by atoms with Crippen LogP contribution < -0.4 is 5.32 Å². The molecule has 0 bridgehead atoms. The fourth-order valence-corrected chi connectivity index (χ4v) is 3.55. The van der Waals surface area contributed by atoms with Crippen molar-refractivity contribution in [3.8, 4) is 17.1 Å². The molecule has 5 nitrogen and oxygen atoms in total. The van der Waals surface area contributed by atoms with Crippen LogP contribution in [0, 0.1) is 11.8 Å². The minimum Gasteiger partial charge on any atom is -0.508 e. The molecule has 3 atom stereocenters. The summed E-state index contributed by atoms with van der Waals surface area (Å²) in [6.07, 6.45) is 3.87. The second-order valence-electron chi connectivity index (χ2n) is 5.74. The lowest BCUT2D eigenvalue weighted by Gasteiger charge is -2.13. The van der Waals surface area contributed by atoms with Gasteiger partial charge in [-0.05, 0) is 55.5 Å². The SMILES string of the molecule is Oc1ccc(-c2noc(C3NCC4CCCC43)n2)cc1. The smallest absolute Gasteiger partial charge is 0.244 e. The number of nitrogens with zero attached hydrogens (tertiary/aromatic N) is 2. The number of phenolic OH excluding ortho intramolecular Hbond substituents is 1. The maximum Gasteiger partial charge on any atom is 0.244 e. The Morgan fingerprint density at radius 3 is 2.90 bits per heavy atom. The highest BCUT2D eigenvalue weighted by Gasteiger charge is 2.42. The van der Waals surface area contributed by atoms with Crippen molar-refractivity contribution in [3.05, 3.63) is 30.2 Å². The number of rotatable bonds is 2. The summed E-state index contributed by atoms with van der Waals surface area (Å²) in [6, 6.07) is 7.06. The van der Waals surface area contributed by atoms with Crippen molar-refractivity contribution >= 4 is 0 Å². The van der Waals surface area contributed by atoms with Crippen LogP contribution in [0.4, 0.5) is 0 Å². The van der Waals surface area contributed by atoms with Gasteiger partial charge in [0, 0.05) is 5.56 Å². The van der Waals surface area contributed by atoms with E-state index in [1.807, 2.05) is 0 Å². The molecule has 0 radical (unpaired) electrons. The molecule has 2 aromatic rings. The first-order valence-corrected chi connectivity index (χ1v) is 7.17. The molecule has 1 saturated heterocycles.